The minimum atomic E-state index is -0.189. The van der Waals surface area contributed by atoms with Crippen LogP contribution in [0.4, 0.5) is 0 Å². The van der Waals surface area contributed by atoms with E-state index in [0.29, 0.717) is 5.56 Å². The van der Waals surface area contributed by atoms with E-state index in [-0.39, 0.29) is 18.6 Å². The van der Waals surface area contributed by atoms with E-state index < -0.39 is 0 Å². The molecule has 2 aromatic rings. The second-order valence-electron chi connectivity index (χ2n) is 4.29. The monoisotopic (exact) mass is 285 g/mol. The van der Waals surface area contributed by atoms with Crippen LogP contribution in [0.1, 0.15) is 34.5 Å². The number of benzene rings is 1. The Morgan fingerprint density at radius 2 is 2.30 bits per heavy atom. The summed E-state index contributed by atoms with van der Waals surface area (Å²) < 4.78 is 0. The van der Waals surface area contributed by atoms with Gasteiger partial charge in [-0.1, -0.05) is 17.9 Å². The predicted octanol–water partition coefficient (Wildman–Crippen LogP) is 2.58. The Hall–Kier alpha value is -2.09. The predicted molar refractivity (Wildman–Crippen MR) is 80.6 cm³/mol. The van der Waals surface area contributed by atoms with Crippen molar-refractivity contribution in [2.45, 2.75) is 13.0 Å². The van der Waals surface area contributed by atoms with Crippen molar-refractivity contribution in [2.75, 3.05) is 6.61 Å². The van der Waals surface area contributed by atoms with Gasteiger partial charge in [-0.25, -0.2) is 0 Å². The number of hydrogen-bond donors (Lipinski definition) is 2. The number of nitrogens with one attached hydrogen (secondary N) is 1. The Bertz CT molecular complexity index is 638. The second-order valence-corrected chi connectivity index (χ2v) is 5.07. The summed E-state index contributed by atoms with van der Waals surface area (Å²) in [6.07, 6.45) is 0. The van der Waals surface area contributed by atoms with Gasteiger partial charge in [0.25, 0.3) is 5.91 Å². The minimum Gasteiger partial charge on any atom is -0.384 e. The molecular weight excluding hydrogens is 270 g/mol. The van der Waals surface area contributed by atoms with Gasteiger partial charge in [0.05, 0.1) is 6.04 Å². The van der Waals surface area contributed by atoms with Crippen molar-refractivity contribution in [1.82, 2.24) is 5.32 Å². The fourth-order valence-electron chi connectivity index (χ4n) is 1.76. The highest BCUT2D eigenvalue weighted by Gasteiger charge is 2.11. The summed E-state index contributed by atoms with van der Waals surface area (Å²) in [5.74, 6) is 5.23. The third-order valence-electron chi connectivity index (χ3n) is 2.83. The first-order valence-corrected chi connectivity index (χ1v) is 7.17. The second kappa shape index (κ2) is 6.90. The molecule has 0 fully saturated rings. The summed E-state index contributed by atoms with van der Waals surface area (Å²) in [5.41, 5.74) is 2.38. The topological polar surface area (TPSA) is 49.3 Å². The van der Waals surface area contributed by atoms with Gasteiger partial charge in [-0.3, -0.25) is 4.79 Å². The molecule has 2 N–H and O–H groups in total. The molecule has 0 aliphatic rings. The quantitative estimate of drug-likeness (QED) is 0.852. The zero-order valence-electron chi connectivity index (χ0n) is 11.1. The molecule has 0 saturated carbocycles. The van der Waals surface area contributed by atoms with Gasteiger partial charge < -0.3 is 10.4 Å². The number of carbonyl (C=O) groups is 1. The Morgan fingerprint density at radius 3 is 3.00 bits per heavy atom. The highest BCUT2D eigenvalue weighted by atomic mass is 32.1. The van der Waals surface area contributed by atoms with Crippen molar-refractivity contribution in [3.05, 3.63) is 57.8 Å². The van der Waals surface area contributed by atoms with Crippen LogP contribution in [0.25, 0.3) is 0 Å². The number of amides is 1. The molecule has 0 bridgehead atoms. The van der Waals surface area contributed by atoms with Gasteiger partial charge in [-0.2, -0.15) is 11.3 Å². The molecule has 4 heteroatoms. The van der Waals surface area contributed by atoms with Crippen LogP contribution >= 0.6 is 11.3 Å². The summed E-state index contributed by atoms with van der Waals surface area (Å²) in [6, 6.07) is 9.03. The Kier molecular flexibility index (Phi) is 4.94. The maximum atomic E-state index is 12.2. The summed E-state index contributed by atoms with van der Waals surface area (Å²) in [7, 11) is 0. The van der Waals surface area contributed by atoms with Crippen molar-refractivity contribution in [1.29, 1.82) is 0 Å². The van der Waals surface area contributed by atoms with E-state index in [2.05, 4.69) is 17.2 Å². The number of hydrogen-bond acceptors (Lipinski definition) is 3. The molecule has 0 spiro atoms. The van der Waals surface area contributed by atoms with E-state index in [1.807, 2.05) is 29.8 Å². The van der Waals surface area contributed by atoms with E-state index >= 15 is 0 Å². The molecule has 0 saturated heterocycles. The van der Waals surface area contributed by atoms with Gasteiger partial charge in [0.2, 0.25) is 0 Å². The third kappa shape index (κ3) is 3.70. The molecule has 1 atom stereocenters. The van der Waals surface area contributed by atoms with E-state index in [1.54, 1.807) is 29.5 Å². The van der Waals surface area contributed by atoms with E-state index in [4.69, 9.17) is 5.11 Å². The van der Waals surface area contributed by atoms with Crippen LogP contribution in [-0.4, -0.2) is 17.6 Å². The van der Waals surface area contributed by atoms with Crippen LogP contribution in [-0.2, 0) is 0 Å². The van der Waals surface area contributed by atoms with Crippen LogP contribution in [0.5, 0.6) is 0 Å². The van der Waals surface area contributed by atoms with Gasteiger partial charge in [-0.15, -0.1) is 0 Å². The summed E-state index contributed by atoms with van der Waals surface area (Å²) in [6.45, 7) is 1.76. The fourth-order valence-corrected chi connectivity index (χ4v) is 2.52. The van der Waals surface area contributed by atoms with E-state index in [1.165, 1.54) is 0 Å². The van der Waals surface area contributed by atoms with Crippen molar-refractivity contribution in [2.24, 2.45) is 0 Å². The van der Waals surface area contributed by atoms with Crippen LogP contribution < -0.4 is 5.32 Å². The van der Waals surface area contributed by atoms with Crippen LogP contribution in [0.3, 0.4) is 0 Å². The highest BCUT2D eigenvalue weighted by molar-refractivity contribution is 7.07. The lowest BCUT2D eigenvalue weighted by Crippen LogP contribution is -2.26. The molecule has 0 aliphatic heterocycles. The van der Waals surface area contributed by atoms with Gasteiger partial charge in [0.1, 0.15) is 6.61 Å². The minimum absolute atomic E-state index is 0.0269. The van der Waals surface area contributed by atoms with Gasteiger partial charge >= 0.3 is 0 Å². The molecule has 20 heavy (non-hydrogen) atoms. The highest BCUT2D eigenvalue weighted by Crippen LogP contribution is 2.16. The maximum absolute atomic E-state index is 12.2. The zero-order valence-corrected chi connectivity index (χ0v) is 11.9. The normalized spacial score (nSPS) is 11.3. The molecule has 0 radical (unpaired) electrons. The number of thiophene rings is 1. The lowest BCUT2D eigenvalue weighted by molar-refractivity contribution is 0.0940. The number of aliphatic hydroxyl groups excluding tert-OH is 1. The SMILES string of the molecule is CC(NC(=O)c1cccc(C#CCO)c1)c1ccsc1. The Balaban J connectivity index is 2.09. The molecule has 3 nitrogen and oxygen atoms in total. The van der Waals surface area contributed by atoms with Crippen molar-refractivity contribution >= 4 is 17.2 Å². The smallest absolute Gasteiger partial charge is 0.251 e. The Labute approximate surface area is 122 Å². The lowest BCUT2D eigenvalue weighted by Gasteiger charge is -2.12. The van der Waals surface area contributed by atoms with Gasteiger partial charge in [-0.05, 0) is 47.5 Å². The van der Waals surface area contributed by atoms with E-state index in [0.717, 1.165) is 11.1 Å². The molecule has 0 aliphatic carbocycles. The first kappa shape index (κ1) is 14.3. The zero-order chi connectivity index (χ0) is 14.4. The van der Waals surface area contributed by atoms with Gasteiger partial charge in [0.15, 0.2) is 0 Å². The average Bonchev–Trinajstić information content (AvgIpc) is 2.99. The number of carbonyl (C=O) groups excluding carboxylic acids is 1. The average molecular weight is 285 g/mol. The standard InChI is InChI=1S/C16H15NO2S/c1-12(15-7-9-20-11-15)17-16(19)14-6-2-4-13(10-14)5-3-8-18/h2,4,6-7,9-12,18H,8H2,1H3,(H,17,19). The first-order chi connectivity index (χ1) is 9.70. The molecule has 102 valence electrons. The molecular formula is C16H15NO2S. The molecule has 1 aromatic heterocycles. The molecule has 2 rings (SSSR count). The number of aliphatic hydroxyl groups is 1. The maximum Gasteiger partial charge on any atom is 0.251 e. The lowest BCUT2D eigenvalue weighted by atomic mass is 10.1. The third-order valence-corrected chi connectivity index (χ3v) is 3.53. The summed E-state index contributed by atoms with van der Waals surface area (Å²) in [5, 5.41) is 15.6. The molecule has 1 amide bonds. The molecule has 1 heterocycles. The fraction of sp³-hybridized carbons (Fsp3) is 0.188. The molecule has 1 unspecified atom stereocenters. The van der Waals surface area contributed by atoms with E-state index in [9.17, 15) is 4.79 Å². The van der Waals surface area contributed by atoms with Crippen LogP contribution in [0.15, 0.2) is 41.1 Å². The first-order valence-electron chi connectivity index (χ1n) is 6.23. The molecule has 1 aromatic carbocycles. The number of rotatable bonds is 3. The van der Waals surface area contributed by atoms with Gasteiger partial charge in [0, 0.05) is 11.1 Å². The largest absolute Gasteiger partial charge is 0.384 e. The summed E-state index contributed by atoms with van der Waals surface area (Å²) >= 11 is 1.61. The Morgan fingerprint density at radius 1 is 1.45 bits per heavy atom. The summed E-state index contributed by atoms with van der Waals surface area (Å²) in [4.78, 5) is 12.2. The van der Waals surface area contributed by atoms with Crippen LogP contribution in [0, 0.1) is 11.8 Å². The van der Waals surface area contributed by atoms with Crippen molar-refractivity contribution in [3.63, 3.8) is 0 Å². The van der Waals surface area contributed by atoms with Crippen molar-refractivity contribution < 1.29 is 9.90 Å². The van der Waals surface area contributed by atoms with Crippen LogP contribution in [0.2, 0.25) is 0 Å². The van der Waals surface area contributed by atoms with Crippen molar-refractivity contribution in [3.8, 4) is 11.8 Å².